The average Bonchev–Trinajstić information content (AvgIpc) is 2.78. The van der Waals surface area contributed by atoms with E-state index in [4.69, 9.17) is 22.1 Å². The van der Waals surface area contributed by atoms with Crippen molar-refractivity contribution in [3.63, 3.8) is 0 Å². The smallest absolute Gasteiger partial charge is 0.270 e. The SMILES string of the molecule is CC(C)(Oc1ccc(Cl)cc1)C(=O)N1CCN=Cc2cc(N)ccc21. The Hall–Kier alpha value is -2.53. The molecular formula is C19H20ClN3O2. The van der Waals surface area contributed by atoms with Gasteiger partial charge in [-0.1, -0.05) is 11.6 Å². The van der Waals surface area contributed by atoms with Crippen LogP contribution < -0.4 is 15.4 Å². The average molecular weight is 358 g/mol. The Kier molecular flexibility index (Phi) is 4.68. The molecule has 2 aromatic carbocycles. The summed E-state index contributed by atoms with van der Waals surface area (Å²) in [7, 11) is 0. The second-order valence-electron chi connectivity index (χ2n) is 6.38. The minimum absolute atomic E-state index is 0.140. The number of aliphatic imine (C=N–C) groups is 1. The number of ether oxygens (including phenoxy) is 1. The third-order valence-electron chi connectivity index (χ3n) is 3.97. The van der Waals surface area contributed by atoms with E-state index in [2.05, 4.69) is 4.99 Å². The van der Waals surface area contributed by atoms with Crippen LogP contribution in [0.4, 0.5) is 11.4 Å². The van der Waals surface area contributed by atoms with Crippen LogP contribution in [0.3, 0.4) is 0 Å². The fourth-order valence-corrected chi connectivity index (χ4v) is 2.87. The largest absolute Gasteiger partial charge is 0.478 e. The van der Waals surface area contributed by atoms with E-state index in [0.717, 1.165) is 11.3 Å². The van der Waals surface area contributed by atoms with Crippen molar-refractivity contribution >= 4 is 35.1 Å². The molecule has 25 heavy (non-hydrogen) atoms. The molecule has 0 fully saturated rings. The third kappa shape index (κ3) is 3.77. The highest BCUT2D eigenvalue weighted by Crippen LogP contribution is 2.28. The number of carbonyl (C=O) groups excluding carboxylic acids is 1. The van der Waals surface area contributed by atoms with Crippen molar-refractivity contribution in [1.82, 2.24) is 0 Å². The van der Waals surface area contributed by atoms with Gasteiger partial charge in [0.2, 0.25) is 0 Å². The number of anilines is 2. The molecule has 0 radical (unpaired) electrons. The summed E-state index contributed by atoms with van der Waals surface area (Å²) in [5, 5.41) is 0.618. The first-order valence-electron chi connectivity index (χ1n) is 8.03. The number of amides is 1. The van der Waals surface area contributed by atoms with Gasteiger partial charge in [-0.15, -0.1) is 0 Å². The van der Waals surface area contributed by atoms with Gasteiger partial charge in [-0.05, 0) is 56.3 Å². The number of nitrogen functional groups attached to an aromatic ring is 1. The van der Waals surface area contributed by atoms with Gasteiger partial charge in [-0.3, -0.25) is 9.79 Å². The van der Waals surface area contributed by atoms with Crippen molar-refractivity contribution < 1.29 is 9.53 Å². The van der Waals surface area contributed by atoms with Crippen LogP contribution >= 0.6 is 11.6 Å². The fraction of sp³-hybridized carbons (Fsp3) is 0.263. The first-order chi connectivity index (χ1) is 11.9. The lowest BCUT2D eigenvalue weighted by atomic mass is 10.1. The van der Waals surface area contributed by atoms with Crippen molar-refractivity contribution in [2.24, 2.45) is 4.99 Å². The van der Waals surface area contributed by atoms with Crippen LogP contribution in [-0.2, 0) is 4.79 Å². The second-order valence-corrected chi connectivity index (χ2v) is 6.81. The molecule has 2 N–H and O–H groups in total. The van der Waals surface area contributed by atoms with Crippen LogP contribution in [0, 0.1) is 0 Å². The quantitative estimate of drug-likeness (QED) is 0.854. The predicted molar refractivity (Wildman–Crippen MR) is 102 cm³/mol. The van der Waals surface area contributed by atoms with Crippen LogP contribution in [0.15, 0.2) is 47.5 Å². The Morgan fingerprint density at radius 3 is 2.68 bits per heavy atom. The van der Waals surface area contributed by atoms with Crippen LogP contribution in [0.1, 0.15) is 19.4 Å². The molecular weight excluding hydrogens is 338 g/mol. The molecule has 0 spiro atoms. The summed E-state index contributed by atoms with van der Waals surface area (Å²) < 4.78 is 5.94. The highest BCUT2D eigenvalue weighted by molar-refractivity contribution is 6.30. The van der Waals surface area contributed by atoms with E-state index in [0.29, 0.717) is 29.5 Å². The normalized spacial score (nSPS) is 14.0. The summed E-state index contributed by atoms with van der Waals surface area (Å²) in [5.74, 6) is 0.449. The molecule has 2 aromatic rings. The number of hydrogen-bond donors (Lipinski definition) is 1. The van der Waals surface area contributed by atoms with E-state index < -0.39 is 5.60 Å². The van der Waals surface area contributed by atoms with Crippen molar-refractivity contribution in [2.75, 3.05) is 23.7 Å². The Balaban J connectivity index is 1.88. The highest BCUT2D eigenvalue weighted by atomic mass is 35.5. The second kappa shape index (κ2) is 6.76. The Morgan fingerprint density at radius 2 is 1.96 bits per heavy atom. The van der Waals surface area contributed by atoms with Crippen molar-refractivity contribution in [2.45, 2.75) is 19.4 Å². The zero-order chi connectivity index (χ0) is 18.0. The predicted octanol–water partition coefficient (Wildman–Crippen LogP) is 3.55. The van der Waals surface area contributed by atoms with Gasteiger partial charge in [0.15, 0.2) is 5.60 Å². The molecule has 3 rings (SSSR count). The minimum Gasteiger partial charge on any atom is -0.478 e. The molecule has 0 unspecified atom stereocenters. The molecule has 6 heteroatoms. The summed E-state index contributed by atoms with van der Waals surface area (Å²) in [6.07, 6.45) is 1.76. The molecule has 0 bridgehead atoms. The van der Waals surface area contributed by atoms with E-state index in [9.17, 15) is 4.79 Å². The van der Waals surface area contributed by atoms with Crippen LogP contribution in [-0.4, -0.2) is 30.8 Å². The summed E-state index contributed by atoms with van der Waals surface area (Å²) >= 11 is 5.90. The molecule has 0 aliphatic carbocycles. The van der Waals surface area contributed by atoms with E-state index >= 15 is 0 Å². The van der Waals surface area contributed by atoms with Gasteiger partial charge in [-0.2, -0.15) is 0 Å². The van der Waals surface area contributed by atoms with Gasteiger partial charge in [0.05, 0.1) is 12.2 Å². The van der Waals surface area contributed by atoms with E-state index in [1.807, 2.05) is 12.1 Å². The summed E-state index contributed by atoms with van der Waals surface area (Å²) in [6, 6.07) is 12.4. The Morgan fingerprint density at radius 1 is 1.24 bits per heavy atom. The molecule has 1 aliphatic rings. The van der Waals surface area contributed by atoms with Crippen molar-refractivity contribution in [3.8, 4) is 5.75 Å². The van der Waals surface area contributed by atoms with Gasteiger partial charge >= 0.3 is 0 Å². The van der Waals surface area contributed by atoms with Gasteiger partial charge < -0.3 is 15.4 Å². The van der Waals surface area contributed by atoms with Crippen molar-refractivity contribution in [3.05, 3.63) is 53.1 Å². The standard InChI is InChI=1S/C19H20ClN3O2/c1-19(2,25-16-6-3-14(20)4-7-16)18(24)23-10-9-22-12-13-11-15(21)5-8-17(13)23/h3-8,11-12H,9-10,21H2,1-2H3. The molecule has 0 aromatic heterocycles. The zero-order valence-corrected chi connectivity index (χ0v) is 15.0. The molecule has 1 heterocycles. The zero-order valence-electron chi connectivity index (χ0n) is 14.2. The van der Waals surface area contributed by atoms with Gasteiger partial charge in [0.1, 0.15) is 5.75 Å². The number of benzodiazepines with no additional fused rings is 1. The number of rotatable bonds is 3. The van der Waals surface area contributed by atoms with Gasteiger partial charge in [-0.25, -0.2) is 0 Å². The lowest BCUT2D eigenvalue weighted by molar-refractivity contribution is -0.131. The van der Waals surface area contributed by atoms with E-state index in [1.54, 1.807) is 55.3 Å². The highest BCUT2D eigenvalue weighted by Gasteiger charge is 2.36. The number of nitrogens with two attached hydrogens (primary N) is 1. The molecule has 5 nitrogen and oxygen atoms in total. The van der Waals surface area contributed by atoms with Crippen LogP contribution in [0.5, 0.6) is 5.75 Å². The number of hydrogen-bond acceptors (Lipinski definition) is 4. The first kappa shape index (κ1) is 17.3. The summed E-state index contributed by atoms with van der Waals surface area (Å²) in [4.78, 5) is 19.2. The maximum absolute atomic E-state index is 13.2. The third-order valence-corrected chi connectivity index (χ3v) is 4.22. The summed E-state index contributed by atoms with van der Waals surface area (Å²) in [5.41, 5.74) is 7.06. The van der Waals surface area contributed by atoms with Gasteiger partial charge in [0, 0.05) is 29.0 Å². The maximum atomic E-state index is 13.2. The lowest BCUT2D eigenvalue weighted by Crippen LogP contribution is -2.50. The van der Waals surface area contributed by atoms with E-state index in [-0.39, 0.29) is 5.91 Å². The molecule has 0 saturated carbocycles. The van der Waals surface area contributed by atoms with Gasteiger partial charge in [0.25, 0.3) is 5.91 Å². The molecule has 0 saturated heterocycles. The lowest BCUT2D eigenvalue weighted by Gasteiger charge is -2.32. The minimum atomic E-state index is -1.04. The number of benzene rings is 2. The maximum Gasteiger partial charge on any atom is 0.270 e. The van der Waals surface area contributed by atoms with Crippen molar-refractivity contribution in [1.29, 1.82) is 0 Å². The monoisotopic (exact) mass is 357 g/mol. The molecule has 1 amide bonds. The summed E-state index contributed by atoms with van der Waals surface area (Å²) in [6.45, 7) is 4.52. The number of fused-ring (bicyclic) bond motifs is 1. The van der Waals surface area contributed by atoms with Crippen LogP contribution in [0.2, 0.25) is 5.02 Å². The molecule has 0 atom stereocenters. The topological polar surface area (TPSA) is 67.9 Å². The van der Waals surface area contributed by atoms with Crippen LogP contribution in [0.25, 0.3) is 0 Å². The number of carbonyl (C=O) groups is 1. The number of halogens is 1. The first-order valence-corrected chi connectivity index (χ1v) is 8.40. The molecule has 1 aliphatic heterocycles. The van der Waals surface area contributed by atoms with E-state index in [1.165, 1.54) is 0 Å². The Bertz CT molecular complexity index is 816. The number of nitrogens with zero attached hydrogens (tertiary/aromatic N) is 2. The fourth-order valence-electron chi connectivity index (χ4n) is 2.74. The molecule has 130 valence electrons. The Labute approximate surface area is 152 Å².